The second-order valence-electron chi connectivity index (χ2n) is 4.59. The first-order valence-electron chi connectivity index (χ1n) is 6.10. The molecular formula is C12H12N6OSe. The average molecular weight is 335 g/mol. The van der Waals surface area contributed by atoms with Gasteiger partial charge in [0.15, 0.2) is 0 Å². The quantitative estimate of drug-likeness (QED) is 0.720. The minimum absolute atomic E-state index is 0.126. The number of carbonyl (C=O) groups excluding carboxylic acids is 1. The van der Waals surface area contributed by atoms with Crippen LogP contribution < -0.4 is 5.32 Å². The maximum absolute atomic E-state index is 12.1. The van der Waals surface area contributed by atoms with Gasteiger partial charge in [-0.25, -0.2) is 0 Å². The zero-order chi connectivity index (χ0) is 14.1. The monoisotopic (exact) mass is 336 g/mol. The number of hydrogen-bond donors (Lipinski definition) is 2. The van der Waals surface area contributed by atoms with Crippen LogP contribution in [-0.2, 0) is 0 Å². The van der Waals surface area contributed by atoms with E-state index in [1.54, 1.807) is 6.07 Å². The average Bonchev–Trinajstić information content (AvgIpc) is 3.08. The number of benzene rings is 1. The number of rotatable bonds is 3. The number of aromatic amines is 1. The van der Waals surface area contributed by atoms with Crippen molar-refractivity contribution < 1.29 is 4.79 Å². The fourth-order valence-corrected chi connectivity index (χ4v) is 2.87. The molecule has 102 valence electrons. The molecule has 3 rings (SSSR count). The van der Waals surface area contributed by atoms with Gasteiger partial charge in [0.2, 0.25) is 0 Å². The van der Waals surface area contributed by atoms with Crippen LogP contribution in [0.1, 0.15) is 36.2 Å². The maximum atomic E-state index is 12.1. The molecule has 8 heteroatoms. The summed E-state index contributed by atoms with van der Waals surface area (Å²) in [7, 11) is 0. The van der Waals surface area contributed by atoms with Crippen molar-refractivity contribution in [2.45, 2.75) is 19.8 Å². The first kappa shape index (κ1) is 13.0. The molecule has 0 bridgehead atoms. The third kappa shape index (κ3) is 2.35. The number of fused-ring (bicyclic) bond motifs is 1. The van der Waals surface area contributed by atoms with E-state index in [0.717, 1.165) is 11.4 Å². The van der Waals surface area contributed by atoms with Gasteiger partial charge in [-0.1, -0.05) is 0 Å². The Hall–Kier alpha value is -2.05. The summed E-state index contributed by atoms with van der Waals surface area (Å²) < 4.78 is 8.59. The number of aromatic nitrogens is 3. The first-order chi connectivity index (χ1) is 9.65. The Morgan fingerprint density at radius 3 is 2.95 bits per heavy atom. The summed E-state index contributed by atoms with van der Waals surface area (Å²) in [5.41, 5.74) is 2.20. The van der Waals surface area contributed by atoms with Crippen LogP contribution in [0.5, 0.6) is 0 Å². The number of amides is 1. The summed E-state index contributed by atoms with van der Waals surface area (Å²) >= 11 is -0.126. The molecule has 2 aromatic rings. The topological polar surface area (TPSA) is 95.4 Å². The van der Waals surface area contributed by atoms with Crippen molar-refractivity contribution in [3.05, 3.63) is 29.8 Å². The van der Waals surface area contributed by atoms with Crippen molar-refractivity contribution in [1.82, 2.24) is 15.2 Å². The molecule has 0 spiro atoms. The van der Waals surface area contributed by atoms with E-state index in [9.17, 15) is 4.79 Å². The number of nitrogens with one attached hydrogen (secondary N) is 2. The van der Waals surface area contributed by atoms with Crippen LogP contribution in [0.3, 0.4) is 0 Å². The minimum atomic E-state index is -0.351. The van der Waals surface area contributed by atoms with Crippen molar-refractivity contribution in [3.63, 3.8) is 0 Å². The van der Waals surface area contributed by atoms with Crippen LogP contribution in [-0.4, -0.2) is 35.7 Å². The molecule has 2 N–H and O–H groups in total. The van der Waals surface area contributed by atoms with Gasteiger partial charge in [0.05, 0.1) is 0 Å². The number of anilines is 1. The van der Waals surface area contributed by atoms with Gasteiger partial charge < -0.3 is 0 Å². The molecule has 0 fully saturated rings. The van der Waals surface area contributed by atoms with E-state index < -0.39 is 0 Å². The normalized spacial score (nSPS) is 12.3. The van der Waals surface area contributed by atoms with Crippen LogP contribution >= 0.6 is 0 Å². The fourth-order valence-electron chi connectivity index (χ4n) is 1.72. The van der Waals surface area contributed by atoms with Gasteiger partial charge >= 0.3 is 120 Å². The Balaban J connectivity index is 1.83. The van der Waals surface area contributed by atoms with Crippen molar-refractivity contribution in [1.29, 1.82) is 0 Å². The second kappa shape index (κ2) is 5.14. The third-order valence-electron chi connectivity index (χ3n) is 2.79. The molecular weight excluding hydrogens is 323 g/mol. The van der Waals surface area contributed by atoms with Gasteiger partial charge in [0.25, 0.3) is 0 Å². The van der Waals surface area contributed by atoms with E-state index in [0.29, 0.717) is 11.5 Å². The molecule has 1 aliphatic rings. The second-order valence-corrected chi connectivity index (χ2v) is 5.70. The van der Waals surface area contributed by atoms with Crippen LogP contribution in [0.4, 0.5) is 17.1 Å². The molecule has 1 amide bonds. The Morgan fingerprint density at radius 1 is 1.35 bits per heavy atom. The summed E-state index contributed by atoms with van der Waals surface area (Å²) in [6.07, 6.45) is 0. The summed E-state index contributed by atoms with van der Waals surface area (Å²) in [6, 6.07) is 5.52. The Kier molecular flexibility index (Phi) is 3.33. The molecule has 0 unspecified atom stereocenters. The molecule has 7 nitrogen and oxygen atoms in total. The zero-order valence-corrected chi connectivity index (χ0v) is 12.6. The SMILES string of the molecule is CC(C)c1nc(C(=O)Nc2cccc3c2N=[Se]=N3)n[nH]1. The molecule has 2 heterocycles. The number of nitrogens with zero attached hydrogens (tertiary/aromatic N) is 4. The van der Waals surface area contributed by atoms with Crippen LogP contribution in [0, 0.1) is 0 Å². The molecule has 0 saturated heterocycles. The van der Waals surface area contributed by atoms with Crippen molar-refractivity contribution >= 4 is 37.5 Å². The van der Waals surface area contributed by atoms with Gasteiger partial charge in [-0.3, -0.25) is 0 Å². The van der Waals surface area contributed by atoms with Crippen LogP contribution in [0.2, 0.25) is 0 Å². The summed E-state index contributed by atoms with van der Waals surface area (Å²) in [6.45, 7) is 3.96. The third-order valence-corrected chi connectivity index (χ3v) is 3.93. The molecule has 0 aliphatic carbocycles. The predicted octanol–water partition coefficient (Wildman–Crippen LogP) is 2.53. The van der Waals surface area contributed by atoms with E-state index in [1.165, 1.54) is 0 Å². The number of H-pyrrole nitrogens is 1. The van der Waals surface area contributed by atoms with E-state index >= 15 is 0 Å². The summed E-state index contributed by atoms with van der Waals surface area (Å²) in [5.74, 6) is 0.667. The predicted molar refractivity (Wildman–Crippen MR) is 74.8 cm³/mol. The summed E-state index contributed by atoms with van der Waals surface area (Å²) in [5, 5.41) is 9.48. The molecule has 1 aliphatic heterocycles. The van der Waals surface area contributed by atoms with Crippen molar-refractivity contribution in [2.75, 3.05) is 5.32 Å². The zero-order valence-electron chi connectivity index (χ0n) is 10.9. The van der Waals surface area contributed by atoms with Crippen molar-refractivity contribution in [2.24, 2.45) is 7.92 Å². The van der Waals surface area contributed by atoms with E-state index in [2.05, 4.69) is 28.4 Å². The number of hydrogen-bond acceptors (Lipinski definition) is 5. The van der Waals surface area contributed by atoms with Crippen molar-refractivity contribution in [3.8, 4) is 0 Å². The molecule has 0 saturated carbocycles. The molecule has 20 heavy (non-hydrogen) atoms. The fraction of sp³-hybridized carbons (Fsp3) is 0.250. The van der Waals surface area contributed by atoms with Gasteiger partial charge in [-0.05, 0) is 0 Å². The Labute approximate surface area is 121 Å². The van der Waals surface area contributed by atoms with Gasteiger partial charge in [0, 0.05) is 0 Å². The standard InChI is InChI=1S/C12H12N6OSe/c1-6(2)10-14-11(16-15-10)12(19)13-7-4-3-5-8-9(7)18-20-17-8/h3-6H,1-2H3,(H,13,19)(H,14,15,16). The van der Waals surface area contributed by atoms with E-state index in [4.69, 9.17) is 0 Å². The Bertz CT molecular complexity index is 744. The molecule has 1 aromatic heterocycles. The Morgan fingerprint density at radius 2 is 2.20 bits per heavy atom. The van der Waals surface area contributed by atoms with E-state index in [1.807, 2.05) is 26.0 Å². The number of carbonyl (C=O) groups is 1. The molecule has 1 aromatic carbocycles. The van der Waals surface area contributed by atoms with Crippen LogP contribution in [0.25, 0.3) is 0 Å². The van der Waals surface area contributed by atoms with E-state index in [-0.39, 0.29) is 32.2 Å². The first-order valence-corrected chi connectivity index (χ1v) is 7.63. The molecule has 0 radical (unpaired) electrons. The van der Waals surface area contributed by atoms with Gasteiger partial charge in [0.1, 0.15) is 0 Å². The molecule has 0 atom stereocenters. The van der Waals surface area contributed by atoms with Gasteiger partial charge in [-0.2, -0.15) is 0 Å². The van der Waals surface area contributed by atoms with Crippen LogP contribution in [0.15, 0.2) is 26.1 Å². The van der Waals surface area contributed by atoms with Gasteiger partial charge in [-0.15, -0.1) is 0 Å². The summed E-state index contributed by atoms with van der Waals surface area (Å²) in [4.78, 5) is 16.3.